The van der Waals surface area contributed by atoms with Crippen LogP contribution in [0.4, 0.5) is 0 Å². The van der Waals surface area contributed by atoms with E-state index < -0.39 is 26.3 Å². The Morgan fingerprint density at radius 1 is 0.903 bits per heavy atom. The number of carbonyl (C=O) groups is 3. The monoisotopic (exact) mass is 504 g/mol. The molecule has 0 spiro atoms. The van der Waals surface area contributed by atoms with E-state index in [4.69, 9.17) is 24.0 Å². The molecule has 0 aliphatic heterocycles. The highest BCUT2D eigenvalue weighted by atomic mass is 32.2. The van der Waals surface area contributed by atoms with Crippen LogP contribution in [0.2, 0.25) is 0 Å². The number of hydrogen-bond donors (Lipinski definition) is 3. The molecule has 0 aromatic carbocycles. The quantitative estimate of drug-likeness (QED) is 0.0882. The van der Waals surface area contributed by atoms with Crippen molar-refractivity contribution in [3.8, 4) is 0 Å². The highest BCUT2D eigenvalue weighted by molar-refractivity contribution is 7.99. The number of hydrogen-bond acceptors (Lipinski definition) is 10. The van der Waals surface area contributed by atoms with Gasteiger partial charge in [-0.05, 0) is 12.8 Å². The molecule has 0 rings (SSSR count). The molecule has 2 N–H and O–H groups in total. The lowest BCUT2D eigenvalue weighted by Gasteiger charge is -2.15. The fraction of sp³-hybridized carbons (Fsp3) is 0.833. The van der Waals surface area contributed by atoms with Gasteiger partial charge in [-0.3, -0.25) is 18.9 Å². The summed E-state index contributed by atoms with van der Waals surface area (Å²) in [6.45, 7) is 5.19. The lowest BCUT2D eigenvalue weighted by atomic mass is 10.2. The summed E-state index contributed by atoms with van der Waals surface area (Å²) in [5.74, 6) is -1.18. The lowest BCUT2D eigenvalue weighted by Crippen LogP contribution is -2.20. The van der Waals surface area contributed by atoms with Crippen molar-refractivity contribution in [1.82, 2.24) is 0 Å². The van der Waals surface area contributed by atoms with Crippen molar-refractivity contribution in [3.63, 3.8) is 0 Å². The van der Waals surface area contributed by atoms with E-state index in [1.807, 2.05) is 13.8 Å². The second-order valence-corrected chi connectivity index (χ2v) is 10.5. The van der Waals surface area contributed by atoms with Crippen molar-refractivity contribution in [2.45, 2.75) is 57.0 Å². The van der Waals surface area contributed by atoms with Gasteiger partial charge in [0.15, 0.2) is 0 Å². The maximum atomic E-state index is 11.9. The zero-order valence-corrected chi connectivity index (χ0v) is 20.7. The Balaban J connectivity index is 3.80. The summed E-state index contributed by atoms with van der Waals surface area (Å²) < 4.78 is 29.8. The third-order valence-corrected chi connectivity index (χ3v) is 5.73. The number of ether oxygens (including phenoxy) is 3. The van der Waals surface area contributed by atoms with E-state index in [0.717, 1.165) is 0 Å². The molecule has 0 fully saturated rings. The van der Waals surface area contributed by atoms with Crippen molar-refractivity contribution < 1.29 is 47.5 Å². The average Bonchev–Trinajstić information content (AvgIpc) is 2.64. The van der Waals surface area contributed by atoms with Gasteiger partial charge in [0.05, 0.1) is 38.6 Å². The highest BCUT2D eigenvalue weighted by Crippen LogP contribution is 2.35. The van der Waals surface area contributed by atoms with Crippen LogP contribution in [0.5, 0.6) is 0 Å². The van der Waals surface area contributed by atoms with Crippen LogP contribution >= 0.6 is 32.2 Å². The smallest absolute Gasteiger partial charge is 0.466 e. The molecule has 3 unspecified atom stereocenters. The molecule has 0 saturated heterocycles. The van der Waals surface area contributed by atoms with Gasteiger partial charge in [0, 0.05) is 16.3 Å². The van der Waals surface area contributed by atoms with E-state index in [1.165, 1.54) is 11.8 Å². The molecule has 0 aromatic rings. The number of phosphoric acid groups is 1. The van der Waals surface area contributed by atoms with Gasteiger partial charge in [0.1, 0.15) is 6.61 Å². The molecule has 182 valence electrons. The third kappa shape index (κ3) is 19.6. The Hall–Kier alpha value is -0.780. The second kappa shape index (κ2) is 16.8. The van der Waals surface area contributed by atoms with Crippen molar-refractivity contribution >= 4 is 50.1 Å². The molecule has 0 bridgehead atoms. The van der Waals surface area contributed by atoms with Gasteiger partial charge in [0.25, 0.3) is 0 Å². The molecule has 13 heteroatoms. The Bertz CT molecular complexity index is 596. The molecule has 10 nitrogen and oxygen atoms in total. The van der Waals surface area contributed by atoms with Crippen LogP contribution < -0.4 is 0 Å². The minimum Gasteiger partial charge on any atom is -0.466 e. The molecular formula is C18H33O10PS2. The van der Waals surface area contributed by atoms with Crippen molar-refractivity contribution in [2.24, 2.45) is 5.92 Å². The predicted molar refractivity (Wildman–Crippen MR) is 119 cm³/mol. The molecule has 0 saturated carbocycles. The van der Waals surface area contributed by atoms with E-state index in [1.54, 1.807) is 6.92 Å². The first kappa shape index (κ1) is 30.2. The van der Waals surface area contributed by atoms with Gasteiger partial charge < -0.3 is 24.0 Å². The van der Waals surface area contributed by atoms with Gasteiger partial charge in [-0.15, -0.1) is 0 Å². The minimum absolute atomic E-state index is 0.0444. The highest BCUT2D eigenvalue weighted by Gasteiger charge is 2.19. The summed E-state index contributed by atoms with van der Waals surface area (Å²) in [5, 5.41) is -0.109. The van der Waals surface area contributed by atoms with Crippen LogP contribution in [-0.4, -0.2) is 70.4 Å². The lowest BCUT2D eigenvalue weighted by molar-refractivity contribution is -0.148. The molecule has 31 heavy (non-hydrogen) atoms. The summed E-state index contributed by atoms with van der Waals surface area (Å²) in [6, 6.07) is 0. The standard InChI is InChI=1S/C18H33O10PS2/c1-13(18(21)27-8-9-28-29(22,23)24)12-31-15(3)11-17(20)26-7-5-4-6-25-16(19)10-14(2)30/h13-15,30H,4-12H2,1-3H3,(H2,22,23,24). The number of esters is 3. The Morgan fingerprint density at radius 3 is 1.97 bits per heavy atom. The number of thiol groups is 1. The summed E-state index contributed by atoms with van der Waals surface area (Å²) in [6.07, 6.45) is 1.64. The van der Waals surface area contributed by atoms with Crippen LogP contribution in [0.1, 0.15) is 46.5 Å². The fourth-order valence-corrected chi connectivity index (χ4v) is 3.51. The molecule has 0 amide bonds. The fourth-order valence-electron chi connectivity index (χ4n) is 2.05. The van der Waals surface area contributed by atoms with Crippen LogP contribution in [0.15, 0.2) is 0 Å². The molecule has 0 heterocycles. The summed E-state index contributed by atoms with van der Waals surface area (Å²) in [4.78, 5) is 52.1. The maximum absolute atomic E-state index is 11.9. The van der Waals surface area contributed by atoms with E-state index in [2.05, 4.69) is 17.2 Å². The summed E-state index contributed by atoms with van der Waals surface area (Å²) in [5.41, 5.74) is 0. The Morgan fingerprint density at radius 2 is 1.45 bits per heavy atom. The zero-order valence-electron chi connectivity index (χ0n) is 18.1. The van der Waals surface area contributed by atoms with Gasteiger partial charge in [-0.25, -0.2) is 4.57 Å². The molecule has 0 aliphatic rings. The average molecular weight is 505 g/mol. The predicted octanol–water partition coefficient (Wildman–Crippen LogP) is 2.36. The molecule has 0 aliphatic carbocycles. The minimum atomic E-state index is -4.57. The number of phosphoric ester groups is 1. The van der Waals surface area contributed by atoms with Gasteiger partial charge in [-0.2, -0.15) is 24.4 Å². The first-order valence-electron chi connectivity index (χ1n) is 9.88. The normalized spacial score (nSPS) is 14.4. The van der Waals surface area contributed by atoms with Crippen LogP contribution in [-0.2, 0) is 37.7 Å². The number of thioether (sulfide) groups is 1. The number of unbranched alkanes of at least 4 members (excludes halogenated alkanes) is 1. The number of rotatable bonds is 17. The van der Waals surface area contributed by atoms with Crippen LogP contribution in [0.25, 0.3) is 0 Å². The van der Waals surface area contributed by atoms with E-state index >= 15 is 0 Å². The van der Waals surface area contributed by atoms with E-state index in [-0.39, 0.29) is 55.1 Å². The van der Waals surface area contributed by atoms with Gasteiger partial charge in [0.2, 0.25) is 0 Å². The molecular weight excluding hydrogens is 471 g/mol. The molecule has 0 radical (unpaired) electrons. The zero-order chi connectivity index (χ0) is 23.9. The van der Waals surface area contributed by atoms with E-state index in [9.17, 15) is 18.9 Å². The van der Waals surface area contributed by atoms with Crippen molar-refractivity contribution in [2.75, 3.05) is 32.2 Å². The van der Waals surface area contributed by atoms with Crippen molar-refractivity contribution in [3.05, 3.63) is 0 Å². The number of carbonyl (C=O) groups excluding carboxylic acids is 3. The van der Waals surface area contributed by atoms with Crippen LogP contribution in [0.3, 0.4) is 0 Å². The second-order valence-electron chi connectivity index (χ2n) is 6.94. The first-order valence-corrected chi connectivity index (χ1v) is 13.0. The molecule has 3 atom stereocenters. The molecule has 0 aromatic heterocycles. The Kier molecular flexibility index (Phi) is 16.4. The van der Waals surface area contributed by atoms with Gasteiger partial charge in [-0.1, -0.05) is 20.8 Å². The third-order valence-electron chi connectivity index (χ3n) is 3.60. The topological polar surface area (TPSA) is 146 Å². The van der Waals surface area contributed by atoms with E-state index in [0.29, 0.717) is 18.6 Å². The SMILES string of the molecule is CC(S)CC(=O)OCCCCOC(=O)CC(C)SCC(C)C(=O)OCCOP(=O)(O)O. The van der Waals surface area contributed by atoms with Gasteiger partial charge >= 0.3 is 25.7 Å². The first-order chi connectivity index (χ1) is 14.4. The summed E-state index contributed by atoms with van der Waals surface area (Å²) in [7, 11) is -4.57. The maximum Gasteiger partial charge on any atom is 0.469 e. The van der Waals surface area contributed by atoms with Crippen LogP contribution in [0, 0.1) is 5.92 Å². The Labute approximate surface area is 192 Å². The summed E-state index contributed by atoms with van der Waals surface area (Å²) >= 11 is 5.53. The van der Waals surface area contributed by atoms with Crippen molar-refractivity contribution in [1.29, 1.82) is 0 Å². The largest absolute Gasteiger partial charge is 0.469 e.